The van der Waals surface area contributed by atoms with Crippen LogP contribution < -0.4 is 0 Å². The summed E-state index contributed by atoms with van der Waals surface area (Å²) in [4.78, 5) is 3.89. The zero-order valence-corrected chi connectivity index (χ0v) is 9.82. The van der Waals surface area contributed by atoms with Crippen molar-refractivity contribution in [3.8, 4) is 0 Å². The Hall–Kier alpha value is -1.14. The number of rotatable bonds is 2. The summed E-state index contributed by atoms with van der Waals surface area (Å²) in [6, 6.07) is 8.01. The summed E-state index contributed by atoms with van der Waals surface area (Å²) in [5.74, 6) is 0. The van der Waals surface area contributed by atoms with Crippen molar-refractivity contribution in [1.82, 2.24) is 4.98 Å². The fraction of sp³-hybridized carbons (Fsp3) is 0. The molecule has 0 amide bonds. The average Bonchev–Trinajstić information content (AvgIpc) is 2.67. The minimum Gasteiger partial charge on any atom is -0.435 e. The van der Waals surface area contributed by atoms with Gasteiger partial charge in [-0.05, 0) is 28.1 Å². The molecule has 1 aromatic carbocycles. The zero-order chi connectivity index (χ0) is 10.9. The molecule has 0 unspecified atom stereocenters. The number of aromatic nitrogens is 1. The smallest absolute Gasteiger partial charge is 0.320 e. The highest BCUT2D eigenvalue weighted by Gasteiger charge is 2.22. The SMILES string of the molecule is O=S(=O)(c1ccccc1)c1nc(Br)co1. The summed E-state index contributed by atoms with van der Waals surface area (Å²) < 4.78 is 28.9. The number of hydrogen-bond donors (Lipinski definition) is 0. The van der Waals surface area contributed by atoms with Gasteiger partial charge in [-0.1, -0.05) is 18.2 Å². The van der Waals surface area contributed by atoms with Gasteiger partial charge in [-0.15, -0.1) is 0 Å². The van der Waals surface area contributed by atoms with Crippen molar-refractivity contribution in [2.24, 2.45) is 0 Å². The summed E-state index contributed by atoms with van der Waals surface area (Å²) in [5.41, 5.74) is 0. The van der Waals surface area contributed by atoms with Crippen molar-refractivity contribution < 1.29 is 12.8 Å². The number of halogens is 1. The summed E-state index contributed by atoms with van der Waals surface area (Å²) in [5, 5.41) is -0.305. The van der Waals surface area contributed by atoms with E-state index in [1.807, 2.05) is 0 Å². The summed E-state index contributed by atoms with van der Waals surface area (Å²) in [7, 11) is -3.63. The lowest BCUT2D eigenvalue weighted by Crippen LogP contribution is -2.01. The van der Waals surface area contributed by atoms with Gasteiger partial charge in [0.1, 0.15) is 10.9 Å². The average molecular weight is 288 g/mol. The van der Waals surface area contributed by atoms with Crippen LogP contribution in [0.1, 0.15) is 0 Å². The van der Waals surface area contributed by atoms with Crippen LogP contribution in [0.4, 0.5) is 0 Å². The molecular weight excluding hydrogens is 282 g/mol. The highest BCUT2D eigenvalue weighted by molar-refractivity contribution is 9.10. The van der Waals surface area contributed by atoms with Crippen molar-refractivity contribution in [1.29, 1.82) is 0 Å². The summed E-state index contributed by atoms with van der Waals surface area (Å²) >= 11 is 3.03. The second-order valence-electron chi connectivity index (χ2n) is 2.75. The third kappa shape index (κ3) is 1.95. The van der Waals surface area contributed by atoms with Crippen molar-refractivity contribution >= 4 is 25.8 Å². The van der Waals surface area contributed by atoms with E-state index in [1.54, 1.807) is 18.2 Å². The van der Waals surface area contributed by atoms with Gasteiger partial charge in [0.05, 0.1) is 4.90 Å². The first-order valence-corrected chi connectivity index (χ1v) is 6.29. The number of sulfone groups is 1. The molecule has 0 fully saturated rings. The Kier molecular flexibility index (Phi) is 2.62. The van der Waals surface area contributed by atoms with Crippen molar-refractivity contribution in [3.05, 3.63) is 41.2 Å². The van der Waals surface area contributed by atoms with E-state index in [0.29, 0.717) is 4.60 Å². The molecule has 0 aliphatic carbocycles. The molecule has 78 valence electrons. The quantitative estimate of drug-likeness (QED) is 0.850. The van der Waals surface area contributed by atoms with Gasteiger partial charge in [0.15, 0.2) is 0 Å². The third-order valence-electron chi connectivity index (χ3n) is 1.74. The monoisotopic (exact) mass is 287 g/mol. The van der Waals surface area contributed by atoms with Crippen LogP contribution in [-0.2, 0) is 9.84 Å². The number of nitrogens with zero attached hydrogens (tertiary/aromatic N) is 1. The molecule has 2 rings (SSSR count). The zero-order valence-electron chi connectivity index (χ0n) is 7.42. The summed E-state index contributed by atoms with van der Waals surface area (Å²) in [6.07, 6.45) is 1.23. The Bertz CT molecular complexity index is 562. The van der Waals surface area contributed by atoms with Gasteiger partial charge in [0.25, 0.3) is 9.84 Å². The van der Waals surface area contributed by atoms with Crippen LogP contribution >= 0.6 is 15.9 Å². The number of benzene rings is 1. The van der Waals surface area contributed by atoms with Gasteiger partial charge in [-0.25, -0.2) is 8.42 Å². The van der Waals surface area contributed by atoms with Gasteiger partial charge in [-0.2, -0.15) is 4.98 Å². The first-order valence-electron chi connectivity index (χ1n) is 4.02. The van der Waals surface area contributed by atoms with E-state index in [4.69, 9.17) is 4.42 Å². The Morgan fingerprint density at radius 3 is 2.40 bits per heavy atom. The van der Waals surface area contributed by atoms with E-state index in [0.717, 1.165) is 0 Å². The maximum Gasteiger partial charge on any atom is 0.320 e. The molecule has 0 saturated carbocycles. The molecule has 0 N–H and O–H groups in total. The number of hydrogen-bond acceptors (Lipinski definition) is 4. The lowest BCUT2D eigenvalue weighted by atomic mass is 10.4. The Balaban J connectivity index is 2.54. The fourth-order valence-electron chi connectivity index (χ4n) is 1.06. The minimum absolute atomic E-state index is 0.166. The number of oxazole rings is 1. The molecule has 0 radical (unpaired) electrons. The normalized spacial score (nSPS) is 11.5. The van der Waals surface area contributed by atoms with E-state index in [2.05, 4.69) is 20.9 Å². The Morgan fingerprint density at radius 2 is 1.87 bits per heavy atom. The molecule has 6 heteroatoms. The predicted molar refractivity (Wildman–Crippen MR) is 56.1 cm³/mol. The first kappa shape index (κ1) is 10.4. The van der Waals surface area contributed by atoms with E-state index in [9.17, 15) is 8.42 Å². The Labute approximate surface area is 95.0 Å². The lowest BCUT2D eigenvalue weighted by Gasteiger charge is -1.97. The molecule has 0 bridgehead atoms. The maximum atomic E-state index is 11.9. The van der Waals surface area contributed by atoms with Crippen molar-refractivity contribution in [2.75, 3.05) is 0 Å². The van der Waals surface area contributed by atoms with Crippen LogP contribution in [0.2, 0.25) is 0 Å². The standard InChI is InChI=1S/C9H6BrNO3S/c10-8-6-14-9(11-8)15(12,13)7-4-2-1-3-5-7/h1-6H. The van der Waals surface area contributed by atoms with Gasteiger partial charge in [0, 0.05) is 0 Å². The summed E-state index contributed by atoms with van der Waals surface area (Å²) in [6.45, 7) is 0. The van der Waals surface area contributed by atoms with E-state index < -0.39 is 9.84 Å². The highest BCUT2D eigenvalue weighted by Crippen LogP contribution is 2.21. The molecular formula is C9H6BrNO3S. The second kappa shape index (κ2) is 3.79. The van der Waals surface area contributed by atoms with Gasteiger partial charge >= 0.3 is 5.22 Å². The van der Waals surface area contributed by atoms with E-state index in [1.165, 1.54) is 18.4 Å². The molecule has 15 heavy (non-hydrogen) atoms. The molecule has 0 aliphatic heterocycles. The van der Waals surface area contributed by atoms with Crippen LogP contribution in [0.3, 0.4) is 0 Å². The first-order chi connectivity index (χ1) is 7.10. The molecule has 0 atom stereocenters. The molecule has 1 aromatic heterocycles. The largest absolute Gasteiger partial charge is 0.435 e. The molecule has 4 nitrogen and oxygen atoms in total. The van der Waals surface area contributed by atoms with Crippen molar-refractivity contribution in [2.45, 2.75) is 10.1 Å². The third-order valence-corrected chi connectivity index (χ3v) is 3.64. The minimum atomic E-state index is -3.63. The molecule has 0 aliphatic rings. The molecule has 0 saturated heterocycles. The van der Waals surface area contributed by atoms with Crippen LogP contribution in [0.5, 0.6) is 0 Å². The van der Waals surface area contributed by atoms with Gasteiger partial charge in [0.2, 0.25) is 0 Å². The molecule has 0 spiro atoms. The van der Waals surface area contributed by atoms with Crippen LogP contribution in [-0.4, -0.2) is 13.4 Å². The highest BCUT2D eigenvalue weighted by atomic mass is 79.9. The van der Waals surface area contributed by atoms with E-state index >= 15 is 0 Å². The van der Waals surface area contributed by atoms with Crippen LogP contribution in [0.15, 0.2) is 55.7 Å². The van der Waals surface area contributed by atoms with Crippen molar-refractivity contribution in [3.63, 3.8) is 0 Å². The second-order valence-corrected chi connectivity index (χ2v) is 5.39. The predicted octanol–water partition coefficient (Wildman–Crippen LogP) is 2.27. The van der Waals surface area contributed by atoms with Gasteiger partial charge in [-0.3, -0.25) is 0 Å². The Morgan fingerprint density at radius 1 is 1.20 bits per heavy atom. The van der Waals surface area contributed by atoms with Crippen LogP contribution in [0.25, 0.3) is 0 Å². The topological polar surface area (TPSA) is 60.2 Å². The van der Waals surface area contributed by atoms with Crippen LogP contribution in [0, 0.1) is 0 Å². The molecule has 1 heterocycles. The van der Waals surface area contributed by atoms with E-state index in [-0.39, 0.29) is 10.1 Å². The maximum absolute atomic E-state index is 11.9. The van der Waals surface area contributed by atoms with Gasteiger partial charge < -0.3 is 4.42 Å². The molecule has 2 aromatic rings. The fourth-order valence-corrected chi connectivity index (χ4v) is 2.55. The lowest BCUT2D eigenvalue weighted by molar-refractivity contribution is 0.430.